The van der Waals surface area contributed by atoms with Gasteiger partial charge in [0.2, 0.25) is 0 Å². The number of nitrogens with one attached hydrogen (secondary N) is 1. The summed E-state index contributed by atoms with van der Waals surface area (Å²) >= 11 is 0. The van der Waals surface area contributed by atoms with Crippen molar-refractivity contribution in [2.75, 3.05) is 6.54 Å². The van der Waals surface area contributed by atoms with Gasteiger partial charge in [-0.25, -0.2) is 4.68 Å². The minimum absolute atomic E-state index is 0.0427. The van der Waals surface area contributed by atoms with Crippen LogP contribution in [-0.2, 0) is 18.5 Å². The number of pyridine rings is 1. The molecule has 0 bridgehead atoms. The Morgan fingerprint density at radius 2 is 1.72 bits per heavy atom. The smallest absolute Gasteiger partial charge is 0.252 e. The maximum atomic E-state index is 13.3. The lowest BCUT2D eigenvalue weighted by Gasteiger charge is -2.35. The molecule has 2 aromatic carbocycles. The largest absolute Gasteiger partial charge is 0.321 e. The Balaban J connectivity index is 1.78. The first-order valence-corrected chi connectivity index (χ1v) is 12.7. The van der Waals surface area contributed by atoms with Crippen molar-refractivity contribution >= 4 is 10.9 Å². The Hall–Kier alpha value is -3.32. The Labute approximate surface area is 213 Å². The molecule has 0 radical (unpaired) electrons. The van der Waals surface area contributed by atoms with Crippen molar-refractivity contribution in [2.45, 2.75) is 73.0 Å². The molecule has 2 heterocycles. The maximum Gasteiger partial charge on any atom is 0.252 e. The molecule has 0 spiro atoms. The molecule has 0 saturated carbocycles. The highest BCUT2D eigenvalue weighted by Gasteiger charge is 2.32. The van der Waals surface area contributed by atoms with Gasteiger partial charge in [-0.05, 0) is 80.1 Å². The minimum atomic E-state index is -0.258. The van der Waals surface area contributed by atoms with Gasteiger partial charge in [0.15, 0.2) is 5.82 Å². The molecule has 0 aliphatic heterocycles. The molecule has 0 aliphatic carbocycles. The molecule has 36 heavy (non-hydrogen) atoms. The van der Waals surface area contributed by atoms with E-state index in [1.807, 2.05) is 17.7 Å². The van der Waals surface area contributed by atoms with Gasteiger partial charge in [0.25, 0.3) is 5.56 Å². The average Bonchev–Trinajstić information content (AvgIpc) is 3.31. The van der Waals surface area contributed by atoms with Crippen LogP contribution >= 0.6 is 0 Å². The molecule has 0 aliphatic rings. The molecule has 1 atom stereocenters. The number of aromatic amines is 1. The molecule has 4 aromatic rings. The van der Waals surface area contributed by atoms with E-state index < -0.39 is 0 Å². The van der Waals surface area contributed by atoms with Crippen molar-refractivity contribution in [2.24, 2.45) is 5.92 Å². The van der Waals surface area contributed by atoms with E-state index in [9.17, 15) is 4.79 Å². The van der Waals surface area contributed by atoms with Crippen LogP contribution in [0.5, 0.6) is 0 Å². The lowest BCUT2D eigenvalue weighted by molar-refractivity contribution is 0.129. The van der Waals surface area contributed by atoms with Gasteiger partial charge in [-0.2, -0.15) is 0 Å². The molecule has 7 heteroatoms. The Bertz CT molecular complexity index is 1380. The molecule has 0 saturated heterocycles. The quantitative estimate of drug-likeness (QED) is 0.364. The third-order valence-corrected chi connectivity index (χ3v) is 6.84. The minimum Gasteiger partial charge on any atom is -0.321 e. The molecule has 0 unspecified atom stereocenters. The van der Waals surface area contributed by atoms with Gasteiger partial charge >= 0.3 is 0 Å². The van der Waals surface area contributed by atoms with Crippen LogP contribution in [0.2, 0.25) is 0 Å². The second-order valence-electron chi connectivity index (χ2n) is 11.1. The SMILES string of the molecule is Cc1ccc(C)c2[nH]c(=O)c(CN(CCc3ccccc3)[C@H](c3nnnn3C(C)(C)C)C(C)C)cc12. The zero-order valence-electron chi connectivity index (χ0n) is 22.5. The van der Waals surface area contributed by atoms with Crippen LogP contribution in [0, 0.1) is 19.8 Å². The first kappa shape index (κ1) is 25.8. The van der Waals surface area contributed by atoms with Gasteiger partial charge in [-0.15, -0.1) is 5.10 Å². The van der Waals surface area contributed by atoms with Crippen molar-refractivity contribution in [3.8, 4) is 0 Å². The predicted molar refractivity (Wildman–Crippen MR) is 145 cm³/mol. The third-order valence-electron chi connectivity index (χ3n) is 6.84. The van der Waals surface area contributed by atoms with Crippen molar-refractivity contribution < 1.29 is 0 Å². The number of aromatic nitrogens is 5. The Morgan fingerprint density at radius 1 is 1.03 bits per heavy atom. The van der Waals surface area contributed by atoms with Gasteiger partial charge in [0, 0.05) is 24.0 Å². The summed E-state index contributed by atoms with van der Waals surface area (Å²) in [5, 5.41) is 14.0. The van der Waals surface area contributed by atoms with Crippen LogP contribution < -0.4 is 5.56 Å². The number of benzene rings is 2. The highest BCUT2D eigenvalue weighted by molar-refractivity contribution is 5.85. The summed E-state index contributed by atoms with van der Waals surface area (Å²) in [6.07, 6.45) is 0.866. The van der Waals surface area contributed by atoms with E-state index in [4.69, 9.17) is 0 Å². The number of aryl methyl sites for hydroxylation is 2. The van der Waals surface area contributed by atoms with E-state index in [1.54, 1.807) is 0 Å². The number of hydrogen-bond donors (Lipinski definition) is 1. The Morgan fingerprint density at radius 3 is 2.39 bits per heavy atom. The van der Waals surface area contributed by atoms with Crippen molar-refractivity contribution in [3.05, 3.63) is 87.0 Å². The highest BCUT2D eigenvalue weighted by Crippen LogP contribution is 2.31. The van der Waals surface area contributed by atoms with Crippen LogP contribution in [0.3, 0.4) is 0 Å². The van der Waals surface area contributed by atoms with Crippen molar-refractivity contribution in [3.63, 3.8) is 0 Å². The summed E-state index contributed by atoms with van der Waals surface area (Å²) in [5.74, 6) is 1.06. The van der Waals surface area contributed by atoms with Gasteiger partial charge < -0.3 is 4.98 Å². The second kappa shape index (κ2) is 10.3. The maximum absolute atomic E-state index is 13.3. The fraction of sp³-hybridized carbons (Fsp3) is 0.448. The third kappa shape index (κ3) is 5.41. The predicted octanol–water partition coefficient (Wildman–Crippen LogP) is 5.33. The molecule has 190 valence electrons. The number of hydrogen-bond acceptors (Lipinski definition) is 5. The molecule has 2 aromatic heterocycles. The zero-order valence-corrected chi connectivity index (χ0v) is 22.5. The van der Waals surface area contributed by atoms with Crippen molar-refractivity contribution in [1.29, 1.82) is 0 Å². The van der Waals surface area contributed by atoms with E-state index in [1.165, 1.54) is 5.56 Å². The number of rotatable bonds is 8. The number of H-pyrrole nitrogens is 1. The van der Waals surface area contributed by atoms with E-state index in [0.29, 0.717) is 6.54 Å². The van der Waals surface area contributed by atoms with E-state index in [-0.39, 0.29) is 23.1 Å². The van der Waals surface area contributed by atoms with Crippen LogP contribution in [0.25, 0.3) is 10.9 Å². The van der Waals surface area contributed by atoms with Gasteiger partial charge in [0.1, 0.15) is 0 Å². The fourth-order valence-corrected chi connectivity index (χ4v) is 4.93. The average molecular weight is 487 g/mol. The summed E-state index contributed by atoms with van der Waals surface area (Å²) in [6, 6.07) is 16.6. The van der Waals surface area contributed by atoms with Crippen LogP contribution in [0.4, 0.5) is 0 Å². The summed E-state index contributed by atoms with van der Waals surface area (Å²) in [5.41, 5.74) is 4.86. The lowest BCUT2D eigenvalue weighted by atomic mass is 9.98. The highest BCUT2D eigenvalue weighted by atomic mass is 16.1. The molecular weight excluding hydrogens is 448 g/mol. The monoisotopic (exact) mass is 486 g/mol. The number of tetrazole rings is 1. The Kier molecular flexibility index (Phi) is 7.41. The van der Waals surface area contributed by atoms with E-state index in [0.717, 1.165) is 46.4 Å². The molecule has 0 amide bonds. The molecule has 0 fully saturated rings. The second-order valence-corrected chi connectivity index (χ2v) is 11.1. The first-order valence-electron chi connectivity index (χ1n) is 12.7. The normalized spacial score (nSPS) is 13.1. The molecule has 1 N–H and O–H groups in total. The van der Waals surface area contributed by atoms with E-state index >= 15 is 0 Å². The standard InChI is InChI=1S/C29H38N6O/c1-19(2)26(27-31-32-33-35(27)29(5,6)7)34(16-15-22-11-9-8-10-12-22)18-23-17-24-20(3)13-14-21(4)25(24)30-28(23)36/h8-14,17,19,26H,15-16,18H2,1-7H3,(H,30,36)/t26-/m0/s1. The lowest BCUT2D eigenvalue weighted by Crippen LogP contribution is -2.39. The van der Waals surface area contributed by atoms with Crippen molar-refractivity contribution in [1.82, 2.24) is 30.1 Å². The summed E-state index contributed by atoms with van der Waals surface area (Å²) in [7, 11) is 0. The number of nitrogens with zero attached hydrogens (tertiary/aromatic N) is 5. The summed E-state index contributed by atoms with van der Waals surface area (Å²) in [6.45, 7) is 16.1. The molecule has 7 nitrogen and oxygen atoms in total. The van der Waals surface area contributed by atoms with Crippen LogP contribution in [0.1, 0.15) is 68.7 Å². The van der Waals surface area contributed by atoms with Crippen LogP contribution in [0.15, 0.2) is 53.3 Å². The topological polar surface area (TPSA) is 79.7 Å². The van der Waals surface area contributed by atoms with E-state index in [2.05, 4.69) is 109 Å². The van der Waals surface area contributed by atoms with Gasteiger partial charge in [-0.3, -0.25) is 9.69 Å². The fourth-order valence-electron chi connectivity index (χ4n) is 4.93. The molecular formula is C29H38N6O. The molecule has 4 rings (SSSR count). The van der Waals surface area contributed by atoms with Gasteiger partial charge in [-0.1, -0.05) is 56.3 Å². The first-order chi connectivity index (χ1) is 17.1. The summed E-state index contributed by atoms with van der Waals surface area (Å²) in [4.78, 5) is 18.8. The van der Waals surface area contributed by atoms with Crippen LogP contribution in [-0.4, -0.2) is 36.6 Å². The summed E-state index contributed by atoms with van der Waals surface area (Å²) < 4.78 is 1.92. The van der Waals surface area contributed by atoms with Gasteiger partial charge in [0.05, 0.1) is 17.1 Å². The number of fused-ring (bicyclic) bond motifs is 1. The zero-order chi connectivity index (χ0) is 26.0.